The van der Waals surface area contributed by atoms with Crippen molar-refractivity contribution in [1.82, 2.24) is 10.6 Å². The van der Waals surface area contributed by atoms with Gasteiger partial charge in [-0.15, -0.1) is 0 Å². The minimum absolute atomic E-state index is 0.0238. The second-order valence-corrected chi connectivity index (χ2v) is 19.0. The number of hydrogen-bond acceptors (Lipinski definition) is 13. The fraction of sp³-hybridized carbons (Fsp3) is 0.652. The average Bonchev–Trinajstić information content (AvgIpc) is 3.95. The lowest BCUT2D eigenvalue weighted by Gasteiger charge is -2.63. The van der Waals surface area contributed by atoms with E-state index >= 15 is 0 Å². The summed E-state index contributed by atoms with van der Waals surface area (Å²) >= 11 is 0. The first-order valence-electron chi connectivity index (χ1n) is 21.3. The molecule has 6 rings (SSSR count). The van der Waals surface area contributed by atoms with Gasteiger partial charge in [-0.25, -0.2) is 19.4 Å². The average molecular weight is 853 g/mol. The minimum Gasteiger partial charge on any atom is -0.460 e. The van der Waals surface area contributed by atoms with E-state index in [2.05, 4.69) is 10.6 Å². The number of carbonyl (C=O) groups excluding carboxylic acids is 4. The van der Waals surface area contributed by atoms with Crippen LogP contribution >= 0.6 is 0 Å². The van der Waals surface area contributed by atoms with E-state index in [1.807, 2.05) is 51.1 Å². The molecule has 15 nitrogen and oxygen atoms in total. The maximum atomic E-state index is 14.4. The third-order valence-corrected chi connectivity index (χ3v) is 13.4. The van der Waals surface area contributed by atoms with Gasteiger partial charge in [0.2, 0.25) is 0 Å². The van der Waals surface area contributed by atoms with Gasteiger partial charge >= 0.3 is 23.9 Å². The standard InChI is InChI=1S/C46H64N2O13/c1-26-33(59-41(52)39(51)38(30-18-14-11-15-19-30)47-42(53)48-43(4,5)6)22-46(54,44(7,8)36(26)34(24-55-9)58-27(2)49)40(61-57-23-29-16-12-10-13-17-29)37-32-20-31(32)21-35-45(37,25-56-35)60-28(3)50/h10-19,26,31-40,51,54H,20-25H2,1-9H3,(H2,47,48,53)/t26?,31-,32-,33-,34-,35+,36?,37+,38-,39+,40-,45-,46+/m0/s1. The molecule has 15 heteroatoms. The Hall–Kier alpha value is -4.12. The molecule has 4 N–H and O–H groups in total. The molecular formula is C46H64N2O13. The summed E-state index contributed by atoms with van der Waals surface area (Å²) in [6, 6.07) is 16.1. The first-order chi connectivity index (χ1) is 28.7. The number of carbonyl (C=O) groups is 4. The number of rotatable bonds is 16. The fourth-order valence-electron chi connectivity index (χ4n) is 10.5. The Morgan fingerprint density at radius 3 is 2.18 bits per heavy atom. The number of ether oxygens (including phenoxy) is 5. The van der Waals surface area contributed by atoms with Gasteiger partial charge in [-0.2, -0.15) is 0 Å². The molecule has 1 heterocycles. The molecule has 336 valence electrons. The number of esters is 3. The number of methoxy groups -OCH3 is 1. The Balaban J connectivity index is 1.42. The molecular weight excluding hydrogens is 789 g/mol. The van der Waals surface area contributed by atoms with E-state index in [4.69, 9.17) is 33.5 Å². The molecule has 2 amide bonds. The summed E-state index contributed by atoms with van der Waals surface area (Å²) in [4.78, 5) is 65.7. The second-order valence-electron chi connectivity index (χ2n) is 19.0. The summed E-state index contributed by atoms with van der Waals surface area (Å²) in [7, 11) is 1.47. The highest BCUT2D eigenvalue weighted by Crippen LogP contribution is 2.66. The van der Waals surface area contributed by atoms with Gasteiger partial charge in [-0.1, -0.05) is 81.4 Å². The molecule has 4 aliphatic rings. The summed E-state index contributed by atoms with van der Waals surface area (Å²) in [5.74, 6) is -3.97. The Morgan fingerprint density at radius 2 is 1.61 bits per heavy atom. The minimum atomic E-state index is -1.96. The summed E-state index contributed by atoms with van der Waals surface area (Å²) in [5, 5.41) is 31.2. The van der Waals surface area contributed by atoms with E-state index in [1.54, 1.807) is 51.1 Å². The highest BCUT2D eigenvalue weighted by molar-refractivity contribution is 5.79. The quantitative estimate of drug-likeness (QED) is 0.0766. The third-order valence-electron chi connectivity index (χ3n) is 13.4. The number of fused-ring (bicyclic) bond motifs is 2. The van der Waals surface area contributed by atoms with Gasteiger partial charge in [0.1, 0.15) is 36.6 Å². The van der Waals surface area contributed by atoms with Crippen molar-refractivity contribution in [3.63, 3.8) is 0 Å². The maximum absolute atomic E-state index is 14.4. The Morgan fingerprint density at radius 1 is 0.951 bits per heavy atom. The van der Waals surface area contributed by atoms with Crippen molar-refractivity contribution in [2.75, 3.05) is 20.3 Å². The van der Waals surface area contributed by atoms with E-state index in [-0.39, 0.29) is 38.1 Å². The van der Waals surface area contributed by atoms with Crippen LogP contribution in [0.25, 0.3) is 0 Å². The monoisotopic (exact) mass is 852 g/mol. The third kappa shape index (κ3) is 9.77. The van der Waals surface area contributed by atoms with E-state index in [1.165, 1.54) is 21.0 Å². The van der Waals surface area contributed by atoms with Crippen molar-refractivity contribution in [3.8, 4) is 0 Å². The number of hydrogen-bond donors (Lipinski definition) is 4. The molecule has 3 aliphatic carbocycles. The van der Waals surface area contributed by atoms with Crippen molar-refractivity contribution in [2.45, 2.75) is 135 Å². The molecule has 13 atom stereocenters. The van der Waals surface area contributed by atoms with Gasteiger partial charge in [0.25, 0.3) is 0 Å². The van der Waals surface area contributed by atoms with E-state index < -0.39 is 100 Å². The number of aliphatic hydroxyl groups is 2. The predicted octanol–water partition coefficient (Wildman–Crippen LogP) is 4.96. The van der Waals surface area contributed by atoms with Crippen LogP contribution in [-0.4, -0.2) is 102 Å². The smallest absolute Gasteiger partial charge is 0.337 e. The SMILES string of the molecule is COC[C@H](OC(C)=O)C1C(C)[C@@H](OC(=O)[C@H](O)[C@@H](NC(=O)NC(C)(C)C)c2ccccc2)C[C@@](O)([C@@H](OOCc2ccccc2)[C@H]2[C@H]3C[C@H]3C[C@H]3OC[C@@]23OC(C)=O)C1(C)C. The highest BCUT2D eigenvalue weighted by Gasteiger charge is 2.75. The zero-order valence-corrected chi connectivity index (χ0v) is 36.8. The molecule has 0 aromatic heterocycles. The Labute approximate surface area is 358 Å². The number of aliphatic hydroxyl groups excluding tert-OH is 1. The van der Waals surface area contributed by atoms with E-state index in [0.717, 1.165) is 12.0 Å². The van der Waals surface area contributed by atoms with E-state index in [0.29, 0.717) is 12.0 Å². The number of nitrogens with one attached hydrogen (secondary N) is 2. The lowest BCUT2D eigenvalue weighted by atomic mass is 9.49. The van der Waals surface area contributed by atoms with Crippen LogP contribution in [0, 0.1) is 35.0 Å². The molecule has 2 aromatic rings. The van der Waals surface area contributed by atoms with Crippen LogP contribution in [0.15, 0.2) is 60.7 Å². The molecule has 0 radical (unpaired) electrons. The molecule has 61 heavy (non-hydrogen) atoms. The lowest BCUT2D eigenvalue weighted by molar-refractivity contribution is -0.414. The highest BCUT2D eigenvalue weighted by atomic mass is 17.2. The maximum Gasteiger partial charge on any atom is 0.337 e. The summed E-state index contributed by atoms with van der Waals surface area (Å²) < 4.78 is 30.1. The molecule has 1 aliphatic heterocycles. The number of urea groups is 1. The topological polar surface area (TPSA) is 197 Å². The van der Waals surface area contributed by atoms with Crippen molar-refractivity contribution in [1.29, 1.82) is 0 Å². The van der Waals surface area contributed by atoms with Gasteiger partial charge in [-0.3, -0.25) is 9.59 Å². The van der Waals surface area contributed by atoms with Gasteiger partial charge in [-0.05, 0) is 56.6 Å². The Kier molecular flexibility index (Phi) is 13.9. The Bertz CT molecular complexity index is 1860. The number of benzene rings is 2. The molecule has 4 fully saturated rings. The largest absolute Gasteiger partial charge is 0.460 e. The first-order valence-corrected chi connectivity index (χ1v) is 21.3. The summed E-state index contributed by atoms with van der Waals surface area (Å²) in [5.41, 5.74) is -3.69. The van der Waals surface area contributed by atoms with Crippen molar-refractivity contribution in [3.05, 3.63) is 71.8 Å². The van der Waals surface area contributed by atoms with Gasteiger partial charge < -0.3 is 44.5 Å². The van der Waals surface area contributed by atoms with Crippen molar-refractivity contribution in [2.24, 2.45) is 35.0 Å². The molecule has 2 aromatic carbocycles. The fourth-order valence-corrected chi connectivity index (χ4v) is 10.5. The van der Waals surface area contributed by atoms with Crippen LogP contribution in [0.1, 0.15) is 91.8 Å². The normalized spacial score (nSPS) is 32.0. The van der Waals surface area contributed by atoms with Crippen LogP contribution < -0.4 is 10.6 Å². The van der Waals surface area contributed by atoms with Crippen molar-refractivity contribution < 1.29 is 62.9 Å². The van der Waals surface area contributed by atoms with Crippen molar-refractivity contribution >= 4 is 23.9 Å². The molecule has 0 spiro atoms. The zero-order chi connectivity index (χ0) is 44.5. The second kappa shape index (κ2) is 18.3. The van der Waals surface area contributed by atoms with Gasteiger partial charge in [0.05, 0.1) is 19.3 Å². The molecule has 0 bridgehead atoms. The first kappa shape index (κ1) is 46.4. The molecule has 1 saturated heterocycles. The summed E-state index contributed by atoms with van der Waals surface area (Å²) in [6.45, 7) is 13.6. The molecule has 3 saturated carbocycles. The summed E-state index contributed by atoms with van der Waals surface area (Å²) in [6.07, 6.45) is -4.39. The van der Waals surface area contributed by atoms with Crippen LogP contribution in [-0.2, 0) is 54.4 Å². The van der Waals surface area contributed by atoms with Gasteiger partial charge in [0.15, 0.2) is 11.7 Å². The van der Waals surface area contributed by atoms with Gasteiger partial charge in [0, 0.05) is 56.1 Å². The lowest BCUT2D eigenvalue weighted by Crippen LogP contribution is -2.75. The van der Waals surface area contributed by atoms with Crippen LogP contribution in [0.2, 0.25) is 0 Å². The van der Waals surface area contributed by atoms with Crippen LogP contribution in [0.4, 0.5) is 4.79 Å². The predicted molar refractivity (Wildman–Crippen MR) is 220 cm³/mol. The zero-order valence-electron chi connectivity index (χ0n) is 36.8. The van der Waals surface area contributed by atoms with Crippen LogP contribution in [0.5, 0.6) is 0 Å². The number of amides is 2. The van der Waals surface area contributed by atoms with E-state index in [9.17, 15) is 29.4 Å². The molecule has 2 unspecified atom stereocenters. The van der Waals surface area contributed by atoms with Crippen LogP contribution in [0.3, 0.4) is 0 Å².